The molecule has 0 radical (unpaired) electrons. The number of aliphatic hydroxyl groups is 1. The molecule has 142 valence electrons. The zero-order valence-electron chi connectivity index (χ0n) is 14.8. The molecule has 0 aliphatic rings. The number of rotatable bonds is 7. The van der Waals surface area contributed by atoms with Gasteiger partial charge in [0.25, 0.3) is 0 Å². The van der Waals surface area contributed by atoms with Gasteiger partial charge in [-0.25, -0.2) is 0 Å². The van der Waals surface area contributed by atoms with Crippen LogP contribution in [0.1, 0.15) is 29.2 Å². The first-order valence-electron chi connectivity index (χ1n) is 8.97. The summed E-state index contributed by atoms with van der Waals surface area (Å²) in [6.07, 6.45) is -3.26. The Kier molecular flexibility index (Phi) is 6.14. The molecule has 2 N–H and O–H groups in total. The largest absolute Gasteiger partial charge is 0.416 e. The van der Waals surface area contributed by atoms with Crippen LogP contribution in [0.5, 0.6) is 0 Å². The summed E-state index contributed by atoms with van der Waals surface area (Å²) in [5.74, 6) is 0. The molecule has 0 saturated heterocycles. The van der Waals surface area contributed by atoms with E-state index in [1.54, 1.807) is 6.07 Å². The summed E-state index contributed by atoms with van der Waals surface area (Å²) in [6, 6.07) is 19.2. The van der Waals surface area contributed by atoms with Crippen molar-refractivity contribution in [2.75, 3.05) is 13.2 Å². The third-order valence-electron chi connectivity index (χ3n) is 4.70. The van der Waals surface area contributed by atoms with Gasteiger partial charge < -0.3 is 10.4 Å². The summed E-state index contributed by atoms with van der Waals surface area (Å²) in [5, 5.41) is 15.0. The lowest BCUT2D eigenvalue weighted by atomic mass is 10.00. The highest BCUT2D eigenvalue weighted by Gasteiger charge is 2.30. The third-order valence-corrected chi connectivity index (χ3v) is 4.70. The maximum atomic E-state index is 13.0. The highest BCUT2D eigenvalue weighted by Crippen LogP contribution is 2.31. The molecule has 0 bridgehead atoms. The van der Waals surface area contributed by atoms with E-state index >= 15 is 0 Å². The van der Waals surface area contributed by atoms with E-state index in [1.165, 1.54) is 22.4 Å². The number of hydrogen-bond donors (Lipinski definition) is 2. The molecule has 0 heterocycles. The number of halogens is 3. The fraction of sp³-hybridized carbons (Fsp3) is 0.273. The highest BCUT2D eigenvalue weighted by molar-refractivity contribution is 5.85. The van der Waals surface area contributed by atoms with E-state index in [4.69, 9.17) is 0 Å². The molecule has 0 amide bonds. The van der Waals surface area contributed by atoms with Gasteiger partial charge in [-0.05, 0) is 53.4 Å². The van der Waals surface area contributed by atoms with Crippen LogP contribution < -0.4 is 5.32 Å². The Morgan fingerprint density at radius 3 is 2.44 bits per heavy atom. The molecule has 1 atom stereocenters. The molecule has 0 aromatic heterocycles. The number of aliphatic hydroxyl groups excluding tert-OH is 1. The van der Waals surface area contributed by atoms with Crippen molar-refractivity contribution in [1.82, 2.24) is 5.32 Å². The standard InChI is InChI=1S/C22H22F3NO/c23-22(24,25)19-9-4-8-18(15-19)21(12-14-27)26-13-11-17-7-3-6-16-5-1-2-10-20(16)17/h1-10,15,21,26-27H,11-14H2/t21-/m1/s1. The van der Waals surface area contributed by atoms with Crippen molar-refractivity contribution >= 4 is 10.8 Å². The zero-order valence-corrected chi connectivity index (χ0v) is 14.8. The molecule has 3 aromatic carbocycles. The Hall–Kier alpha value is -2.37. The van der Waals surface area contributed by atoms with Gasteiger partial charge in [0, 0.05) is 12.6 Å². The first-order chi connectivity index (χ1) is 13.0. The maximum absolute atomic E-state index is 13.0. The molecule has 2 nitrogen and oxygen atoms in total. The number of fused-ring (bicyclic) bond motifs is 1. The summed E-state index contributed by atoms with van der Waals surface area (Å²) < 4.78 is 38.9. The van der Waals surface area contributed by atoms with Gasteiger partial charge in [0.15, 0.2) is 0 Å². The topological polar surface area (TPSA) is 32.3 Å². The van der Waals surface area contributed by atoms with Crippen molar-refractivity contribution in [3.8, 4) is 0 Å². The SMILES string of the molecule is OCC[C@@H](NCCc1cccc2ccccc12)c1cccc(C(F)(F)F)c1. The second-order valence-electron chi connectivity index (χ2n) is 6.53. The zero-order chi connectivity index (χ0) is 19.3. The molecule has 0 unspecified atom stereocenters. The summed E-state index contributed by atoms with van der Waals surface area (Å²) in [6.45, 7) is 0.511. The van der Waals surface area contributed by atoms with Crippen LogP contribution in [0.4, 0.5) is 13.2 Å². The van der Waals surface area contributed by atoms with Gasteiger partial charge in [0.1, 0.15) is 0 Å². The van der Waals surface area contributed by atoms with Crippen molar-refractivity contribution < 1.29 is 18.3 Å². The number of alkyl halides is 3. The summed E-state index contributed by atoms with van der Waals surface area (Å²) in [7, 11) is 0. The van der Waals surface area contributed by atoms with Crippen LogP contribution in [0.2, 0.25) is 0 Å². The van der Waals surface area contributed by atoms with Crippen molar-refractivity contribution in [2.45, 2.75) is 25.1 Å². The monoisotopic (exact) mass is 373 g/mol. The first-order valence-corrected chi connectivity index (χ1v) is 8.97. The van der Waals surface area contributed by atoms with Crippen molar-refractivity contribution in [2.24, 2.45) is 0 Å². The Bertz CT molecular complexity index is 887. The van der Waals surface area contributed by atoms with E-state index in [1.807, 2.05) is 18.2 Å². The van der Waals surface area contributed by atoms with Gasteiger partial charge in [-0.2, -0.15) is 13.2 Å². The van der Waals surface area contributed by atoms with E-state index < -0.39 is 11.7 Å². The van der Waals surface area contributed by atoms with Gasteiger partial charge >= 0.3 is 6.18 Å². The third kappa shape index (κ3) is 4.87. The van der Waals surface area contributed by atoms with Crippen molar-refractivity contribution in [3.63, 3.8) is 0 Å². The summed E-state index contributed by atoms with van der Waals surface area (Å²) >= 11 is 0. The Balaban J connectivity index is 1.72. The maximum Gasteiger partial charge on any atom is 0.416 e. The molecule has 0 aliphatic carbocycles. The molecule has 0 spiro atoms. The lowest BCUT2D eigenvalue weighted by Crippen LogP contribution is -2.25. The second kappa shape index (κ2) is 8.55. The minimum Gasteiger partial charge on any atom is -0.396 e. The molecule has 0 fully saturated rings. The van der Waals surface area contributed by atoms with Gasteiger partial charge in [0.2, 0.25) is 0 Å². The molecule has 5 heteroatoms. The fourth-order valence-corrected chi connectivity index (χ4v) is 3.34. The van der Waals surface area contributed by atoms with Crippen LogP contribution in [-0.2, 0) is 12.6 Å². The van der Waals surface area contributed by atoms with E-state index in [9.17, 15) is 18.3 Å². The molecule has 0 saturated carbocycles. The Labute approximate surface area is 156 Å². The normalized spacial score (nSPS) is 13.0. The van der Waals surface area contributed by atoms with Crippen LogP contribution >= 0.6 is 0 Å². The van der Waals surface area contributed by atoms with E-state index in [0.29, 0.717) is 18.5 Å². The quantitative estimate of drug-likeness (QED) is 0.603. The molecular formula is C22H22F3NO. The highest BCUT2D eigenvalue weighted by atomic mass is 19.4. The smallest absolute Gasteiger partial charge is 0.396 e. The van der Waals surface area contributed by atoms with Gasteiger partial charge in [-0.15, -0.1) is 0 Å². The Morgan fingerprint density at radius 2 is 1.67 bits per heavy atom. The lowest BCUT2D eigenvalue weighted by molar-refractivity contribution is -0.137. The molecular weight excluding hydrogens is 351 g/mol. The number of hydrogen-bond acceptors (Lipinski definition) is 2. The molecule has 0 aliphatic heterocycles. The van der Waals surface area contributed by atoms with E-state index in [2.05, 4.69) is 29.6 Å². The van der Waals surface area contributed by atoms with Crippen LogP contribution in [0, 0.1) is 0 Å². The molecule has 3 rings (SSSR count). The lowest BCUT2D eigenvalue weighted by Gasteiger charge is -2.20. The second-order valence-corrected chi connectivity index (χ2v) is 6.53. The average molecular weight is 373 g/mol. The van der Waals surface area contributed by atoms with Crippen LogP contribution in [0.25, 0.3) is 10.8 Å². The average Bonchev–Trinajstić information content (AvgIpc) is 2.67. The van der Waals surface area contributed by atoms with Crippen molar-refractivity contribution in [1.29, 1.82) is 0 Å². The molecule has 27 heavy (non-hydrogen) atoms. The van der Waals surface area contributed by atoms with Crippen LogP contribution in [0.3, 0.4) is 0 Å². The Morgan fingerprint density at radius 1 is 0.926 bits per heavy atom. The number of nitrogens with one attached hydrogen (secondary N) is 1. The predicted octanol–water partition coefficient (Wildman–Crippen LogP) is 5.11. The fourth-order valence-electron chi connectivity index (χ4n) is 3.34. The minimum absolute atomic E-state index is 0.0951. The minimum atomic E-state index is -4.37. The van der Waals surface area contributed by atoms with Crippen LogP contribution in [0.15, 0.2) is 66.7 Å². The van der Waals surface area contributed by atoms with E-state index in [0.717, 1.165) is 18.6 Å². The molecule has 3 aromatic rings. The summed E-state index contributed by atoms with van der Waals surface area (Å²) in [4.78, 5) is 0. The predicted molar refractivity (Wildman–Crippen MR) is 102 cm³/mol. The van der Waals surface area contributed by atoms with Gasteiger partial charge in [0.05, 0.1) is 5.56 Å². The van der Waals surface area contributed by atoms with Gasteiger partial charge in [-0.3, -0.25) is 0 Å². The van der Waals surface area contributed by atoms with E-state index in [-0.39, 0.29) is 12.6 Å². The van der Waals surface area contributed by atoms with Crippen LogP contribution in [-0.4, -0.2) is 18.3 Å². The number of benzene rings is 3. The van der Waals surface area contributed by atoms with Gasteiger partial charge in [-0.1, -0.05) is 54.6 Å². The summed E-state index contributed by atoms with van der Waals surface area (Å²) in [5.41, 5.74) is 1.06. The van der Waals surface area contributed by atoms with Crippen molar-refractivity contribution in [3.05, 3.63) is 83.4 Å². The first kappa shape index (κ1) is 19.4.